The van der Waals surface area contributed by atoms with Crippen LogP contribution in [0.15, 0.2) is 11.8 Å². The number of methoxy groups -OCH3 is 2. The number of anilines is 1. The number of ether oxygens (including phenoxy) is 2. The molecule has 0 aromatic heterocycles. The number of nitrogens with one attached hydrogen (secondary N) is 1. The number of carbonyl (C=O) groups is 2. The molecule has 1 rings (SSSR count). The van der Waals surface area contributed by atoms with E-state index in [1.807, 2.05) is 0 Å². The zero-order valence-electron chi connectivity index (χ0n) is 11.1. The molecule has 0 heterocycles. The topological polar surface area (TPSA) is 64.6 Å². The molecule has 1 N–H and O–H groups in total. The number of esters is 2. The van der Waals surface area contributed by atoms with Crippen molar-refractivity contribution in [2.75, 3.05) is 19.5 Å². The molecule has 0 spiro atoms. The summed E-state index contributed by atoms with van der Waals surface area (Å²) in [4.78, 5) is 22.4. The van der Waals surface area contributed by atoms with E-state index in [2.05, 4.69) is 9.47 Å². The van der Waals surface area contributed by atoms with Crippen molar-refractivity contribution in [1.29, 1.82) is 0 Å². The Hall–Kier alpha value is -2.65. The van der Waals surface area contributed by atoms with Crippen molar-refractivity contribution in [1.82, 2.24) is 0 Å². The van der Waals surface area contributed by atoms with E-state index in [4.69, 9.17) is 0 Å². The lowest BCUT2D eigenvalue weighted by Crippen LogP contribution is -2.18. The first kappa shape index (κ1) is 17.4. The van der Waals surface area contributed by atoms with Crippen molar-refractivity contribution in [3.8, 4) is 0 Å². The molecule has 0 aliphatic heterocycles. The third-order valence-corrected chi connectivity index (χ3v) is 2.34. The van der Waals surface area contributed by atoms with Gasteiger partial charge >= 0.3 is 11.9 Å². The fourth-order valence-corrected chi connectivity index (χ4v) is 1.28. The quantitative estimate of drug-likeness (QED) is 0.302. The first-order chi connectivity index (χ1) is 10.2. The molecule has 0 atom stereocenters. The molecule has 5 nitrogen and oxygen atoms in total. The third kappa shape index (κ3) is 3.32. The van der Waals surface area contributed by atoms with E-state index in [1.54, 1.807) is 5.32 Å². The second-order valence-corrected chi connectivity index (χ2v) is 3.64. The van der Waals surface area contributed by atoms with Gasteiger partial charge in [-0.1, -0.05) is 0 Å². The maximum Gasteiger partial charge on any atom is 0.354 e. The predicted octanol–water partition coefficient (Wildman–Crippen LogP) is 2.02. The number of halogens is 5. The van der Waals surface area contributed by atoms with E-state index in [0.717, 1.165) is 14.2 Å². The van der Waals surface area contributed by atoms with Crippen LogP contribution in [0.3, 0.4) is 0 Å². The van der Waals surface area contributed by atoms with Gasteiger partial charge in [-0.15, -0.1) is 0 Å². The van der Waals surface area contributed by atoms with E-state index in [0.29, 0.717) is 6.08 Å². The van der Waals surface area contributed by atoms with Crippen LogP contribution in [-0.4, -0.2) is 26.2 Å². The van der Waals surface area contributed by atoms with Crippen molar-refractivity contribution in [3.63, 3.8) is 0 Å². The van der Waals surface area contributed by atoms with Crippen LogP contribution in [0, 0.1) is 29.1 Å². The normalized spacial score (nSPS) is 11.1. The summed E-state index contributed by atoms with van der Waals surface area (Å²) in [6.45, 7) is 0. The summed E-state index contributed by atoms with van der Waals surface area (Å²) >= 11 is 0. The molecule has 0 amide bonds. The molecule has 0 bridgehead atoms. The zero-order chi connectivity index (χ0) is 17.0. The predicted molar refractivity (Wildman–Crippen MR) is 62.0 cm³/mol. The Kier molecular flexibility index (Phi) is 5.44. The largest absolute Gasteiger partial charge is 0.466 e. The third-order valence-electron chi connectivity index (χ3n) is 2.34. The van der Waals surface area contributed by atoms with Gasteiger partial charge in [-0.25, -0.2) is 31.5 Å². The van der Waals surface area contributed by atoms with Crippen LogP contribution in [0.2, 0.25) is 0 Å². The van der Waals surface area contributed by atoms with Crippen molar-refractivity contribution in [3.05, 3.63) is 40.9 Å². The van der Waals surface area contributed by atoms with Gasteiger partial charge in [0, 0.05) is 0 Å². The molecule has 0 saturated carbocycles. The lowest BCUT2D eigenvalue weighted by Gasteiger charge is -2.12. The van der Waals surface area contributed by atoms with E-state index < -0.39 is 52.4 Å². The van der Waals surface area contributed by atoms with Gasteiger partial charge in [0.05, 0.1) is 20.3 Å². The highest BCUT2D eigenvalue weighted by molar-refractivity contribution is 5.98. The number of rotatable bonds is 4. The van der Waals surface area contributed by atoms with Gasteiger partial charge in [-0.05, 0) is 0 Å². The highest BCUT2D eigenvalue weighted by atomic mass is 19.2. The molecule has 0 fully saturated rings. The molecule has 0 aliphatic carbocycles. The summed E-state index contributed by atoms with van der Waals surface area (Å²) in [6.07, 6.45) is 0.421. The maximum atomic E-state index is 13.5. The number of carbonyl (C=O) groups excluding carboxylic acids is 2. The highest BCUT2D eigenvalue weighted by Gasteiger charge is 2.27. The SMILES string of the molecule is COC(=O)/C=C(/Nc1c(F)c(F)c(F)c(F)c1F)C(=O)OC. The average molecular weight is 325 g/mol. The molecule has 0 radical (unpaired) electrons. The van der Waals surface area contributed by atoms with Gasteiger partial charge in [-0.2, -0.15) is 0 Å². The van der Waals surface area contributed by atoms with Crippen molar-refractivity contribution < 1.29 is 41.0 Å². The van der Waals surface area contributed by atoms with E-state index in [1.165, 1.54) is 0 Å². The second-order valence-electron chi connectivity index (χ2n) is 3.64. The van der Waals surface area contributed by atoms with E-state index in [9.17, 15) is 31.5 Å². The smallest absolute Gasteiger partial charge is 0.354 e. The highest BCUT2D eigenvalue weighted by Crippen LogP contribution is 2.28. The Morgan fingerprint density at radius 2 is 1.32 bits per heavy atom. The molecule has 1 aromatic carbocycles. The molecule has 10 heteroatoms. The minimum atomic E-state index is -2.36. The molecule has 1 aromatic rings. The second kappa shape index (κ2) is 6.87. The Labute approximate surface area is 120 Å². The monoisotopic (exact) mass is 325 g/mol. The first-order valence-electron chi connectivity index (χ1n) is 5.41. The Morgan fingerprint density at radius 1 is 0.864 bits per heavy atom. The van der Waals surface area contributed by atoms with E-state index in [-0.39, 0.29) is 0 Å². The zero-order valence-corrected chi connectivity index (χ0v) is 11.1. The van der Waals surface area contributed by atoms with E-state index >= 15 is 0 Å². The van der Waals surface area contributed by atoms with Crippen molar-refractivity contribution in [2.45, 2.75) is 0 Å². The molecule has 22 heavy (non-hydrogen) atoms. The van der Waals surface area contributed by atoms with Crippen LogP contribution in [0.25, 0.3) is 0 Å². The minimum absolute atomic E-state index is 0.421. The lowest BCUT2D eigenvalue weighted by atomic mass is 10.2. The summed E-state index contributed by atoms with van der Waals surface area (Å²) in [6, 6.07) is 0. The number of hydrogen-bond acceptors (Lipinski definition) is 5. The fourth-order valence-electron chi connectivity index (χ4n) is 1.28. The Morgan fingerprint density at radius 3 is 1.73 bits per heavy atom. The van der Waals surface area contributed by atoms with Gasteiger partial charge in [0.25, 0.3) is 0 Å². The molecular weight excluding hydrogens is 317 g/mol. The van der Waals surface area contributed by atoms with Crippen LogP contribution in [0.5, 0.6) is 0 Å². The van der Waals surface area contributed by atoms with Crippen LogP contribution in [-0.2, 0) is 19.1 Å². The van der Waals surface area contributed by atoms with Gasteiger partial charge in [0.1, 0.15) is 11.4 Å². The lowest BCUT2D eigenvalue weighted by molar-refractivity contribution is -0.138. The van der Waals surface area contributed by atoms with Crippen molar-refractivity contribution in [2.24, 2.45) is 0 Å². The van der Waals surface area contributed by atoms with Gasteiger partial charge in [0.2, 0.25) is 5.82 Å². The molecular formula is C12H8F5NO4. The number of benzene rings is 1. The molecule has 0 aliphatic rings. The van der Waals surface area contributed by atoms with Gasteiger partial charge in [-0.3, -0.25) is 0 Å². The van der Waals surface area contributed by atoms with Gasteiger partial charge in [0.15, 0.2) is 23.3 Å². The maximum absolute atomic E-state index is 13.5. The summed E-state index contributed by atoms with van der Waals surface area (Å²) in [7, 11) is 1.81. The van der Waals surface area contributed by atoms with Gasteiger partial charge < -0.3 is 14.8 Å². The van der Waals surface area contributed by atoms with Crippen LogP contribution in [0.4, 0.5) is 27.6 Å². The summed E-state index contributed by atoms with van der Waals surface area (Å²) in [5.41, 5.74) is -2.41. The standard InChI is InChI=1S/C12H8F5NO4/c1-21-5(19)3-4(12(20)22-2)18-11-9(16)7(14)6(13)8(15)10(11)17/h3,18H,1-2H3/b4-3+. The van der Waals surface area contributed by atoms with Crippen molar-refractivity contribution >= 4 is 17.6 Å². The fraction of sp³-hybridized carbons (Fsp3) is 0.167. The average Bonchev–Trinajstić information content (AvgIpc) is 2.52. The molecule has 0 unspecified atom stereocenters. The van der Waals surface area contributed by atoms with Crippen LogP contribution < -0.4 is 5.32 Å². The summed E-state index contributed by atoms with van der Waals surface area (Å²) in [5, 5.41) is 1.63. The van der Waals surface area contributed by atoms with Crippen LogP contribution >= 0.6 is 0 Å². The Bertz CT molecular complexity index is 630. The molecule has 120 valence electrons. The minimum Gasteiger partial charge on any atom is -0.466 e. The summed E-state index contributed by atoms with van der Waals surface area (Å²) < 4.78 is 74.3. The van der Waals surface area contributed by atoms with Crippen LogP contribution in [0.1, 0.15) is 0 Å². The summed E-state index contributed by atoms with van der Waals surface area (Å²) in [5.74, 6) is -13.7. The first-order valence-corrected chi connectivity index (χ1v) is 5.41. The molecule has 0 saturated heterocycles. The number of hydrogen-bond donors (Lipinski definition) is 1. The Balaban J connectivity index is 3.40.